The Hall–Kier alpha value is -0.463. The molecular formula is C7H11LiO4. The van der Waals surface area contributed by atoms with E-state index in [0.717, 1.165) is 6.42 Å². The van der Waals surface area contributed by atoms with E-state index in [9.17, 15) is 14.7 Å². The summed E-state index contributed by atoms with van der Waals surface area (Å²) in [5, 5.41) is 18.5. The van der Waals surface area contributed by atoms with Gasteiger partial charge >= 0.3 is 24.8 Å². The van der Waals surface area contributed by atoms with Gasteiger partial charge in [-0.1, -0.05) is 19.8 Å². The molecule has 12 heavy (non-hydrogen) atoms. The average Bonchev–Trinajstić information content (AvgIpc) is 1.87. The summed E-state index contributed by atoms with van der Waals surface area (Å²) < 4.78 is 0. The van der Waals surface area contributed by atoms with Crippen molar-refractivity contribution < 1.29 is 38.7 Å². The maximum absolute atomic E-state index is 10.2. The molecule has 0 radical (unpaired) electrons. The molecule has 0 aromatic rings. The Morgan fingerprint density at radius 2 is 2.00 bits per heavy atom. The van der Waals surface area contributed by atoms with Gasteiger partial charge in [0.25, 0.3) is 0 Å². The van der Waals surface area contributed by atoms with Crippen molar-refractivity contribution in [3.63, 3.8) is 0 Å². The molecule has 0 aliphatic carbocycles. The third kappa shape index (κ3) is 5.22. The first-order chi connectivity index (χ1) is 5.09. The van der Waals surface area contributed by atoms with Crippen LogP contribution in [0.25, 0.3) is 0 Å². The SMILES string of the molecule is CCCCC(C(=O)[O-])C(=O)O.[Li+]. The van der Waals surface area contributed by atoms with E-state index in [4.69, 9.17) is 5.11 Å². The van der Waals surface area contributed by atoms with E-state index in [1.807, 2.05) is 6.92 Å². The second-order valence-electron chi connectivity index (χ2n) is 2.35. The Labute approximate surface area is 83.1 Å². The van der Waals surface area contributed by atoms with Gasteiger partial charge < -0.3 is 15.0 Å². The van der Waals surface area contributed by atoms with E-state index in [1.165, 1.54) is 0 Å². The van der Waals surface area contributed by atoms with Gasteiger partial charge in [0.15, 0.2) is 0 Å². The number of hydrogen-bond acceptors (Lipinski definition) is 3. The number of carbonyl (C=O) groups excluding carboxylic acids is 1. The molecule has 0 aliphatic heterocycles. The fraction of sp³-hybridized carbons (Fsp3) is 0.714. The van der Waals surface area contributed by atoms with Gasteiger partial charge in [-0.3, -0.25) is 4.79 Å². The largest absolute Gasteiger partial charge is 1.00 e. The minimum absolute atomic E-state index is 0. The maximum atomic E-state index is 10.2. The van der Waals surface area contributed by atoms with Gasteiger partial charge in [0.05, 0.1) is 11.9 Å². The van der Waals surface area contributed by atoms with Gasteiger partial charge in [-0.05, 0) is 6.42 Å². The molecule has 0 aromatic carbocycles. The molecule has 1 N–H and O–H groups in total. The number of carboxylic acid groups (broad SMARTS) is 2. The standard InChI is InChI=1S/C7H12O4.Li/c1-2-3-4-5(6(8)9)7(10)11;/h5H,2-4H2,1H3,(H,8,9)(H,10,11);/q;+1/p-1. The summed E-state index contributed by atoms with van der Waals surface area (Å²) in [6.45, 7) is 1.87. The molecule has 0 aliphatic rings. The van der Waals surface area contributed by atoms with Gasteiger partial charge in [0.2, 0.25) is 0 Å². The first kappa shape index (κ1) is 14.1. The van der Waals surface area contributed by atoms with E-state index in [0.29, 0.717) is 6.42 Å². The molecule has 0 spiro atoms. The van der Waals surface area contributed by atoms with Crippen molar-refractivity contribution in [3.8, 4) is 0 Å². The third-order valence-corrected chi connectivity index (χ3v) is 1.43. The second kappa shape index (κ2) is 7.20. The van der Waals surface area contributed by atoms with Crippen molar-refractivity contribution in [2.45, 2.75) is 26.2 Å². The van der Waals surface area contributed by atoms with Gasteiger partial charge in [0, 0.05) is 0 Å². The summed E-state index contributed by atoms with van der Waals surface area (Å²) in [4.78, 5) is 20.4. The second-order valence-corrected chi connectivity index (χ2v) is 2.35. The summed E-state index contributed by atoms with van der Waals surface area (Å²) in [5.41, 5.74) is 0. The summed E-state index contributed by atoms with van der Waals surface area (Å²) in [6.07, 6.45) is 1.55. The third-order valence-electron chi connectivity index (χ3n) is 1.43. The minimum Gasteiger partial charge on any atom is -0.549 e. The Balaban J connectivity index is 0. The Kier molecular flexibility index (Phi) is 8.45. The van der Waals surface area contributed by atoms with E-state index in [-0.39, 0.29) is 25.3 Å². The van der Waals surface area contributed by atoms with Crippen LogP contribution in [0.3, 0.4) is 0 Å². The minimum atomic E-state index is -1.49. The zero-order chi connectivity index (χ0) is 8.85. The smallest absolute Gasteiger partial charge is 0.549 e. The quantitative estimate of drug-likeness (QED) is 0.341. The molecule has 0 fully saturated rings. The van der Waals surface area contributed by atoms with Crippen LogP contribution in [-0.4, -0.2) is 17.0 Å². The molecule has 0 amide bonds. The molecule has 0 heterocycles. The molecule has 0 saturated heterocycles. The van der Waals surface area contributed by atoms with Crippen LogP contribution < -0.4 is 24.0 Å². The molecule has 5 heteroatoms. The predicted octanol–water partition coefficient (Wildman–Crippen LogP) is -3.37. The monoisotopic (exact) mass is 166 g/mol. The van der Waals surface area contributed by atoms with Crippen molar-refractivity contribution in [3.05, 3.63) is 0 Å². The fourth-order valence-electron chi connectivity index (χ4n) is 0.750. The normalized spacial score (nSPS) is 11.4. The predicted molar refractivity (Wildman–Crippen MR) is 35.7 cm³/mol. The Morgan fingerprint density at radius 3 is 2.25 bits per heavy atom. The molecule has 0 aromatic heterocycles. The zero-order valence-electron chi connectivity index (χ0n) is 7.37. The van der Waals surface area contributed by atoms with Crippen LogP contribution in [-0.2, 0) is 9.59 Å². The molecule has 0 bridgehead atoms. The van der Waals surface area contributed by atoms with Crippen LogP contribution in [0.1, 0.15) is 26.2 Å². The molecule has 1 atom stereocenters. The molecule has 4 nitrogen and oxygen atoms in total. The summed E-state index contributed by atoms with van der Waals surface area (Å²) in [6, 6.07) is 0. The van der Waals surface area contributed by atoms with Crippen LogP contribution in [0.4, 0.5) is 0 Å². The van der Waals surface area contributed by atoms with Crippen molar-refractivity contribution in [1.82, 2.24) is 0 Å². The average molecular weight is 166 g/mol. The molecular weight excluding hydrogens is 155 g/mol. The zero-order valence-corrected chi connectivity index (χ0v) is 7.37. The van der Waals surface area contributed by atoms with Gasteiger partial charge in [-0.15, -0.1) is 0 Å². The van der Waals surface area contributed by atoms with Crippen LogP contribution in [0.5, 0.6) is 0 Å². The van der Waals surface area contributed by atoms with Crippen LogP contribution >= 0.6 is 0 Å². The summed E-state index contributed by atoms with van der Waals surface area (Å²) >= 11 is 0. The van der Waals surface area contributed by atoms with E-state index in [2.05, 4.69) is 0 Å². The van der Waals surface area contributed by atoms with Crippen LogP contribution in [0.2, 0.25) is 0 Å². The summed E-state index contributed by atoms with van der Waals surface area (Å²) in [5.74, 6) is -4.14. The number of hydrogen-bond donors (Lipinski definition) is 1. The Morgan fingerprint density at radius 1 is 1.50 bits per heavy atom. The van der Waals surface area contributed by atoms with Crippen LogP contribution in [0.15, 0.2) is 0 Å². The Bertz CT molecular complexity index is 143. The van der Waals surface area contributed by atoms with E-state index >= 15 is 0 Å². The topological polar surface area (TPSA) is 77.4 Å². The first-order valence-electron chi connectivity index (χ1n) is 3.53. The van der Waals surface area contributed by atoms with E-state index < -0.39 is 17.9 Å². The molecule has 0 rings (SSSR count). The number of carboxylic acids is 2. The van der Waals surface area contributed by atoms with Gasteiger partial charge in [-0.2, -0.15) is 0 Å². The van der Waals surface area contributed by atoms with Crippen molar-refractivity contribution in [2.24, 2.45) is 5.92 Å². The van der Waals surface area contributed by atoms with Crippen molar-refractivity contribution in [1.29, 1.82) is 0 Å². The van der Waals surface area contributed by atoms with E-state index in [1.54, 1.807) is 0 Å². The van der Waals surface area contributed by atoms with Gasteiger partial charge in [0.1, 0.15) is 0 Å². The number of rotatable bonds is 5. The molecule has 1 unspecified atom stereocenters. The maximum Gasteiger partial charge on any atom is 1.00 e. The summed E-state index contributed by atoms with van der Waals surface area (Å²) in [7, 11) is 0. The van der Waals surface area contributed by atoms with Gasteiger partial charge in [-0.25, -0.2) is 0 Å². The van der Waals surface area contributed by atoms with Crippen LogP contribution in [0, 0.1) is 5.92 Å². The van der Waals surface area contributed by atoms with Crippen molar-refractivity contribution >= 4 is 11.9 Å². The molecule has 64 valence electrons. The molecule has 0 saturated carbocycles. The van der Waals surface area contributed by atoms with Crippen molar-refractivity contribution in [2.75, 3.05) is 0 Å². The number of carbonyl (C=O) groups is 2. The first-order valence-corrected chi connectivity index (χ1v) is 3.53. The fourth-order valence-corrected chi connectivity index (χ4v) is 0.750. The number of unbranched alkanes of at least 4 members (excludes halogenated alkanes) is 1. The number of aliphatic carboxylic acids is 2.